The van der Waals surface area contributed by atoms with Gasteiger partial charge < -0.3 is 5.32 Å². The monoisotopic (exact) mass is 222 g/mol. The van der Waals surface area contributed by atoms with Gasteiger partial charge >= 0.3 is 0 Å². The van der Waals surface area contributed by atoms with E-state index in [4.69, 9.17) is 11.6 Å². The molecule has 78 valence electrons. The van der Waals surface area contributed by atoms with Crippen LogP contribution in [0.25, 0.3) is 5.78 Å². The van der Waals surface area contributed by atoms with Gasteiger partial charge in [0.25, 0.3) is 0 Å². The van der Waals surface area contributed by atoms with Crippen LogP contribution in [0.2, 0.25) is 5.02 Å². The summed E-state index contributed by atoms with van der Waals surface area (Å²) in [4.78, 5) is 8.66. The normalized spacial score (nSPS) is 21.3. The Bertz CT molecular complexity index is 487. The molecule has 3 rings (SSSR count). The average molecular weight is 223 g/mol. The molecule has 1 fully saturated rings. The van der Waals surface area contributed by atoms with Crippen molar-refractivity contribution in [2.45, 2.75) is 12.3 Å². The lowest BCUT2D eigenvalue weighted by molar-refractivity contribution is 0.741. The van der Waals surface area contributed by atoms with Crippen LogP contribution < -0.4 is 5.32 Å². The van der Waals surface area contributed by atoms with E-state index in [1.807, 2.05) is 16.8 Å². The zero-order valence-electron chi connectivity index (χ0n) is 8.15. The minimum absolute atomic E-state index is 0.519. The van der Waals surface area contributed by atoms with E-state index in [1.54, 1.807) is 6.20 Å². The van der Waals surface area contributed by atoms with E-state index in [1.165, 1.54) is 0 Å². The van der Waals surface area contributed by atoms with Gasteiger partial charge in [-0.05, 0) is 13.0 Å². The Morgan fingerprint density at radius 2 is 2.40 bits per heavy atom. The fraction of sp³-hybridized carbons (Fsp3) is 0.400. The number of nitrogens with one attached hydrogen (secondary N) is 1. The van der Waals surface area contributed by atoms with Crippen molar-refractivity contribution >= 4 is 17.4 Å². The van der Waals surface area contributed by atoms with Gasteiger partial charge in [0.1, 0.15) is 0 Å². The van der Waals surface area contributed by atoms with Crippen LogP contribution in [0, 0.1) is 0 Å². The van der Waals surface area contributed by atoms with E-state index >= 15 is 0 Å². The molecule has 1 saturated heterocycles. The number of hydrogen-bond acceptors (Lipinski definition) is 3. The number of rotatable bonds is 1. The standard InChI is InChI=1S/C10H11ClN4/c11-8-4-13-10-14-9(6-15(10)5-8)7-1-2-12-3-7/h4-7,12H,1-3H2. The van der Waals surface area contributed by atoms with Crippen molar-refractivity contribution in [3.05, 3.63) is 29.3 Å². The molecular weight excluding hydrogens is 212 g/mol. The Balaban J connectivity index is 2.05. The lowest BCUT2D eigenvalue weighted by Gasteiger charge is -2.01. The van der Waals surface area contributed by atoms with Crippen LogP contribution in [0.5, 0.6) is 0 Å². The van der Waals surface area contributed by atoms with Crippen LogP contribution in [0.1, 0.15) is 18.0 Å². The molecule has 4 nitrogen and oxygen atoms in total. The quantitative estimate of drug-likeness (QED) is 0.795. The molecule has 2 aromatic heterocycles. The van der Waals surface area contributed by atoms with Crippen molar-refractivity contribution < 1.29 is 0 Å². The molecule has 0 radical (unpaired) electrons. The molecular formula is C10H11ClN4. The summed E-state index contributed by atoms with van der Waals surface area (Å²) in [5.74, 6) is 1.24. The van der Waals surface area contributed by atoms with Crippen molar-refractivity contribution in [1.82, 2.24) is 19.7 Å². The molecule has 0 aromatic carbocycles. The molecule has 5 heteroatoms. The largest absolute Gasteiger partial charge is 0.316 e. The third kappa shape index (κ3) is 1.60. The highest BCUT2D eigenvalue weighted by molar-refractivity contribution is 6.30. The van der Waals surface area contributed by atoms with Crippen LogP contribution in [-0.4, -0.2) is 27.5 Å². The summed E-state index contributed by atoms with van der Waals surface area (Å²) < 4.78 is 1.88. The highest BCUT2D eigenvalue weighted by Crippen LogP contribution is 2.21. The second kappa shape index (κ2) is 3.47. The van der Waals surface area contributed by atoms with E-state index in [2.05, 4.69) is 15.3 Å². The zero-order valence-corrected chi connectivity index (χ0v) is 8.91. The number of imidazole rings is 1. The number of halogens is 1. The third-order valence-corrected chi connectivity index (χ3v) is 2.97. The summed E-state index contributed by atoms with van der Waals surface area (Å²) in [6.07, 6.45) is 6.63. The molecule has 1 aliphatic rings. The Morgan fingerprint density at radius 3 is 3.20 bits per heavy atom. The zero-order chi connectivity index (χ0) is 10.3. The summed E-state index contributed by atoms with van der Waals surface area (Å²) in [6.45, 7) is 2.09. The third-order valence-electron chi connectivity index (χ3n) is 2.78. The van der Waals surface area contributed by atoms with Crippen LogP contribution in [0.4, 0.5) is 0 Å². The molecule has 1 aliphatic heterocycles. The Kier molecular flexibility index (Phi) is 2.11. The first-order valence-electron chi connectivity index (χ1n) is 5.04. The van der Waals surface area contributed by atoms with E-state index in [0.717, 1.165) is 31.0 Å². The average Bonchev–Trinajstić information content (AvgIpc) is 2.84. The molecule has 1 unspecified atom stereocenters. The smallest absolute Gasteiger partial charge is 0.234 e. The van der Waals surface area contributed by atoms with Crippen LogP contribution >= 0.6 is 11.6 Å². The highest BCUT2D eigenvalue weighted by Gasteiger charge is 2.19. The van der Waals surface area contributed by atoms with Gasteiger partial charge in [-0.1, -0.05) is 11.6 Å². The summed E-state index contributed by atoms with van der Waals surface area (Å²) in [7, 11) is 0. The molecule has 0 spiro atoms. The van der Waals surface area contributed by atoms with Crippen molar-refractivity contribution in [2.24, 2.45) is 0 Å². The molecule has 15 heavy (non-hydrogen) atoms. The maximum absolute atomic E-state index is 5.86. The van der Waals surface area contributed by atoms with E-state index in [-0.39, 0.29) is 0 Å². The first-order chi connectivity index (χ1) is 7.33. The van der Waals surface area contributed by atoms with Gasteiger partial charge in [-0.3, -0.25) is 4.40 Å². The van der Waals surface area contributed by atoms with E-state index in [0.29, 0.717) is 10.9 Å². The van der Waals surface area contributed by atoms with Crippen molar-refractivity contribution in [3.63, 3.8) is 0 Å². The molecule has 3 heterocycles. The molecule has 0 aliphatic carbocycles. The Labute approximate surface area is 92.3 Å². The Hall–Kier alpha value is -1.13. The van der Waals surface area contributed by atoms with E-state index in [9.17, 15) is 0 Å². The predicted octanol–water partition coefficient (Wildman–Crippen LogP) is 1.46. The van der Waals surface area contributed by atoms with Gasteiger partial charge in [-0.15, -0.1) is 0 Å². The summed E-state index contributed by atoms with van der Waals surface area (Å²) >= 11 is 5.86. The Morgan fingerprint density at radius 1 is 1.47 bits per heavy atom. The van der Waals surface area contributed by atoms with Crippen molar-refractivity contribution in [1.29, 1.82) is 0 Å². The number of nitrogens with zero attached hydrogens (tertiary/aromatic N) is 3. The van der Waals surface area contributed by atoms with Gasteiger partial charge in [0.05, 0.1) is 16.9 Å². The van der Waals surface area contributed by atoms with Gasteiger partial charge in [-0.2, -0.15) is 0 Å². The van der Waals surface area contributed by atoms with Crippen LogP contribution in [-0.2, 0) is 0 Å². The van der Waals surface area contributed by atoms with Crippen molar-refractivity contribution in [3.8, 4) is 0 Å². The molecule has 2 aromatic rings. The minimum Gasteiger partial charge on any atom is -0.316 e. The molecule has 1 N–H and O–H groups in total. The minimum atomic E-state index is 0.519. The maximum Gasteiger partial charge on any atom is 0.234 e. The first kappa shape index (κ1) is 9.12. The number of hydrogen-bond donors (Lipinski definition) is 1. The van der Waals surface area contributed by atoms with Crippen LogP contribution in [0.3, 0.4) is 0 Å². The number of aromatic nitrogens is 3. The fourth-order valence-corrected chi connectivity index (χ4v) is 2.14. The van der Waals surface area contributed by atoms with Crippen molar-refractivity contribution in [2.75, 3.05) is 13.1 Å². The number of fused-ring (bicyclic) bond motifs is 1. The molecule has 0 amide bonds. The second-order valence-corrected chi connectivity index (χ2v) is 4.27. The predicted molar refractivity (Wildman–Crippen MR) is 58.2 cm³/mol. The fourth-order valence-electron chi connectivity index (χ4n) is 1.98. The lowest BCUT2D eigenvalue weighted by atomic mass is 10.1. The summed E-state index contributed by atoms with van der Waals surface area (Å²) in [5.41, 5.74) is 1.11. The van der Waals surface area contributed by atoms with E-state index < -0.39 is 0 Å². The molecule has 0 saturated carbocycles. The van der Waals surface area contributed by atoms with Gasteiger partial charge in [0, 0.05) is 24.9 Å². The first-order valence-corrected chi connectivity index (χ1v) is 5.41. The lowest BCUT2D eigenvalue weighted by Crippen LogP contribution is -2.08. The maximum atomic E-state index is 5.86. The summed E-state index contributed by atoms with van der Waals surface area (Å²) in [5, 5.41) is 3.97. The topological polar surface area (TPSA) is 42.2 Å². The van der Waals surface area contributed by atoms with Gasteiger partial charge in [0.2, 0.25) is 5.78 Å². The highest BCUT2D eigenvalue weighted by atomic mass is 35.5. The van der Waals surface area contributed by atoms with Crippen LogP contribution in [0.15, 0.2) is 18.6 Å². The second-order valence-electron chi connectivity index (χ2n) is 3.83. The molecule has 0 bridgehead atoms. The molecule has 1 atom stereocenters. The van der Waals surface area contributed by atoms with Gasteiger partial charge in [0.15, 0.2) is 0 Å². The SMILES string of the molecule is Clc1cnc2nc(C3CCNC3)cn2c1. The van der Waals surface area contributed by atoms with Gasteiger partial charge in [-0.25, -0.2) is 9.97 Å². The summed E-state index contributed by atoms with van der Waals surface area (Å²) in [6, 6.07) is 0.